The number of nitrogens with one attached hydrogen (secondary N) is 2. The molecule has 1 fully saturated rings. The van der Waals surface area contributed by atoms with Gasteiger partial charge in [0.2, 0.25) is 0 Å². The first-order chi connectivity index (χ1) is 15.8. The van der Waals surface area contributed by atoms with E-state index < -0.39 is 5.92 Å². The van der Waals surface area contributed by atoms with Gasteiger partial charge in [0.25, 0.3) is 11.8 Å². The minimum Gasteiger partial charge on any atom is -0.385 e. The molecule has 2 heterocycles. The van der Waals surface area contributed by atoms with Gasteiger partial charge < -0.3 is 15.2 Å². The van der Waals surface area contributed by atoms with Crippen LogP contribution in [-0.4, -0.2) is 33.5 Å². The largest absolute Gasteiger partial charge is 0.385 e. The van der Waals surface area contributed by atoms with Crippen LogP contribution in [0.2, 0.25) is 0 Å². The lowest BCUT2D eigenvalue weighted by molar-refractivity contribution is 0.0675. The molecule has 3 aliphatic carbocycles. The van der Waals surface area contributed by atoms with Gasteiger partial charge in [0.15, 0.2) is 0 Å². The third-order valence-electron chi connectivity index (χ3n) is 6.88. The molecular formula is C26H28F2N4O. The lowest BCUT2D eigenvalue weighted by Gasteiger charge is -2.33. The third-order valence-corrected chi connectivity index (χ3v) is 6.88. The van der Waals surface area contributed by atoms with E-state index >= 15 is 0 Å². The maximum absolute atomic E-state index is 13.8. The number of fused-ring (bicyclic) bond motifs is 2. The molecule has 0 spiro atoms. The Morgan fingerprint density at radius 3 is 2.70 bits per heavy atom. The monoisotopic (exact) mass is 450 g/mol. The van der Waals surface area contributed by atoms with Gasteiger partial charge in [-0.3, -0.25) is 4.79 Å². The van der Waals surface area contributed by atoms with Crippen LogP contribution in [0.1, 0.15) is 43.0 Å². The van der Waals surface area contributed by atoms with Gasteiger partial charge in [-0.25, -0.2) is 13.8 Å². The van der Waals surface area contributed by atoms with E-state index in [4.69, 9.17) is 0 Å². The Morgan fingerprint density at radius 1 is 1.18 bits per heavy atom. The van der Waals surface area contributed by atoms with Crippen molar-refractivity contribution in [3.05, 3.63) is 77.3 Å². The smallest absolute Gasteiger partial charge is 0.270 e. The average Bonchev–Trinajstić information content (AvgIpc) is 3.40. The Labute approximate surface area is 192 Å². The SMILES string of the molecule is Cn1ccc2c(C(=O)NC3CCC(NC4=CC=CC5=CC(C(C)(F)F)=CC54)CC3)ccnc21. The number of aromatic nitrogens is 2. The molecule has 1 amide bonds. The van der Waals surface area contributed by atoms with Crippen LogP contribution < -0.4 is 10.6 Å². The molecule has 1 saturated carbocycles. The van der Waals surface area contributed by atoms with E-state index in [-0.39, 0.29) is 29.5 Å². The van der Waals surface area contributed by atoms with Gasteiger partial charge in [0, 0.05) is 61.0 Å². The minimum absolute atomic E-state index is 0.0657. The molecular weight excluding hydrogens is 422 g/mol. The number of allylic oxidation sites excluding steroid dienone is 6. The van der Waals surface area contributed by atoms with Gasteiger partial charge in [-0.15, -0.1) is 0 Å². The summed E-state index contributed by atoms with van der Waals surface area (Å²) in [5.41, 5.74) is 3.40. The van der Waals surface area contributed by atoms with Crippen molar-refractivity contribution in [2.45, 2.75) is 50.6 Å². The summed E-state index contributed by atoms with van der Waals surface area (Å²) < 4.78 is 29.5. The van der Waals surface area contributed by atoms with E-state index in [2.05, 4.69) is 15.6 Å². The number of pyridine rings is 1. The number of hydrogen-bond donors (Lipinski definition) is 2. The highest BCUT2D eigenvalue weighted by Gasteiger charge is 2.34. The Balaban J connectivity index is 1.18. The maximum Gasteiger partial charge on any atom is 0.270 e. The quantitative estimate of drug-likeness (QED) is 0.688. The van der Waals surface area contributed by atoms with Crippen molar-refractivity contribution in [2.75, 3.05) is 0 Å². The summed E-state index contributed by atoms with van der Waals surface area (Å²) in [6.45, 7) is 0.943. The number of halogens is 2. The van der Waals surface area contributed by atoms with Crippen molar-refractivity contribution in [3.63, 3.8) is 0 Å². The number of amides is 1. The van der Waals surface area contributed by atoms with Gasteiger partial charge in [-0.05, 0) is 55.5 Å². The second-order valence-corrected chi connectivity index (χ2v) is 9.30. The highest BCUT2D eigenvalue weighted by Crippen LogP contribution is 2.39. The molecule has 1 unspecified atom stereocenters. The van der Waals surface area contributed by atoms with E-state index in [1.54, 1.807) is 24.4 Å². The second-order valence-electron chi connectivity index (χ2n) is 9.30. The second kappa shape index (κ2) is 8.28. The van der Waals surface area contributed by atoms with Crippen molar-refractivity contribution in [1.29, 1.82) is 0 Å². The predicted molar refractivity (Wildman–Crippen MR) is 125 cm³/mol. The number of hydrogen-bond acceptors (Lipinski definition) is 3. The third kappa shape index (κ3) is 4.24. The summed E-state index contributed by atoms with van der Waals surface area (Å²) in [5, 5.41) is 7.64. The number of aryl methyl sites for hydroxylation is 1. The van der Waals surface area contributed by atoms with E-state index in [9.17, 15) is 13.6 Å². The zero-order chi connectivity index (χ0) is 23.2. The van der Waals surface area contributed by atoms with Crippen molar-refractivity contribution < 1.29 is 13.6 Å². The Morgan fingerprint density at radius 2 is 1.94 bits per heavy atom. The van der Waals surface area contributed by atoms with E-state index in [1.807, 2.05) is 42.1 Å². The molecule has 0 aliphatic heterocycles. The lowest BCUT2D eigenvalue weighted by Crippen LogP contribution is -2.42. The number of carbonyl (C=O) groups excluding carboxylic acids is 1. The molecule has 7 heteroatoms. The summed E-state index contributed by atoms with van der Waals surface area (Å²) >= 11 is 0. The van der Waals surface area contributed by atoms with Gasteiger partial charge in [0.1, 0.15) is 5.65 Å². The Bertz CT molecular complexity index is 1210. The highest BCUT2D eigenvalue weighted by molar-refractivity contribution is 6.05. The van der Waals surface area contributed by atoms with E-state index in [1.165, 1.54) is 0 Å². The van der Waals surface area contributed by atoms with Gasteiger partial charge in [-0.1, -0.05) is 18.2 Å². The molecule has 172 valence electrons. The van der Waals surface area contributed by atoms with Crippen LogP contribution >= 0.6 is 0 Å². The van der Waals surface area contributed by atoms with Gasteiger partial charge >= 0.3 is 0 Å². The van der Waals surface area contributed by atoms with Crippen LogP contribution in [0.15, 0.2) is 71.7 Å². The Kier molecular flexibility index (Phi) is 5.43. The number of alkyl halides is 2. The summed E-state index contributed by atoms with van der Waals surface area (Å²) in [4.78, 5) is 17.3. The summed E-state index contributed by atoms with van der Waals surface area (Å²) in [7, 11) is 1.91. The lowest BCUT2D eigenvalue weighted by atomic mass is 9.88. The number of carbonyl (C=O) groups is 1. The zero-order valence-corrected chi connectivity index (χ0v) is 18.8. The van der Waals surface area contributed by atoms with Crippen molar-refractivity contribution >= 4 is 16.9 Å². The first-order valence-electron chi connectivity index (χ1n) is 11.5. The first kappa shape index (κ1) is 21.6. The molecule has 0 saturated heterocycles. The Hall–Kier alpha value is -3.22. The normalized spacial score (nSPS) is 24.7. The average molecular weight is 451 g/mol. The predicted octanol–water partition coefficient (Wildman–Crippen LogP) is 4.80. The molecule has 2 aromatic rings. The minimum atomic E-state index is -2.83. The van der Waals surface area contributed by atoms with Crippen molar-refractivity contribution in [3.8, 4) is 0 Å². The first-order valence-corrected chi connectivity index (χ1v) is 11.5. The molecule has 33 heavy (non-hydrogen) atoms. The molecule has 0 bridgehead atoms. The molecule has 0 radical (unpaired) electrons. The number of rotatable bonds is 5. The van der Waals surface area contributed by atoms with Gasteiger partial charge in [0.05, 0.1) is 5.56 Å². The molecule has 3 aliphatic rings. The summed E-state index contributed by atoms with van der Waals surface area (Å²) in [6, 6.07) is 4.07. The van der Waals surface area contributed by atoms with Crippen LogP contribution in [0, 0.1) is 5.92 Å². The fourth-order valence-electron chi connectivity index (χ4n) is 5.04. The van der Waals surface area contributed by atoms with Crippen LogP contribution in [0.25, 0.3) is 11.0 Å². The zero-order valence-electron chi connectivity index (χ0n) is 18.8. The summed E-state index contributed by atoms with van der Waals surface area (Å²) in [5.74, 6) is -3.03. The molecule has 5 rings (SSSR count). The van der Waals surface area contributed by atoms with E-state index in [0.717, 1.165) is 54.9 Å². The van der Waals surface area contributed by atoms with E-state index in [0.29, 0.717) is 5.56 Å². The molecule has 5 nitrogen and oxygen atoms in total. The maximum atomic E-state index is 13.8. The highest BCUT2D eigenvalue weighted by atomic mass is 19.3. The van der Waals surface area contributed by atoms with Crippen molar-refractivity contribution in [1.82, 2.24) is 20.2 Å². The molecule has 0 aromatic carbocycles. The molecule has 2 aromatic heterocycles. The molecule has 2 N–H and O–H groups in total. The van der Waals surface area contributed by atoms with Crippen LogP contribution in [0.3, 0.4) is 0 Å². The van der Waals surface area contributed by atoms with Gasteiger partial charge in [-0.2, -0.15) is 0 Å². The summed E-state index contributed by atoms with van der Waals surface area (Å²) in [6.07, 6.45) is 16.2. The van der Waals surface area contributed by atoms with Crippen LogP contribution in [-0.2, 0) is 7.05 Å². The fourth-order valence-corrected chi connectivity index (χ4v) is 5.04. The van der Waals surface area contributed by atoms with Crippen molar-refractivity contribution in [2.24, 2.45) is 13.0 Å². The fraction of sp³-hybridized carbons (Fsp3) is 0.385. The number of nitrogens with zero attached hydrogens (tertiary/aromatic N) is 2. The van der Waals surface area contributed by atoms with Crippen LogP contribution in [0.4, 0.5) is 8.78 Å². The standard InChI is InChI=1S/C26H28F2N4O/c1-26(27,28)17-14-16-4-3-5-23(22(16)15-17)30-18-6-8-19(9-7-18)31-25(33)21-10-12-29-24-20(21)11-13-32(24)2/h3-5,10-15,18-19,22,30H,6-9H2,1-2H3,(H,31,33). The van der Waals surface area contributed by atoms with Crippen LogP contribution in [0.5, 0.6) is 0 Å². The topological polar surface area (TPSA) is 59.0 Å². The molecule has 1 atom stereocenters.